The molecule has 1 aromatic heterocycles. The molecule has 0 saturated carbocycles. The van der Waals surface area contributed by atoms with Crippen molar-refractivity contribution >= 4 is 38.4 Å². The average Bonchev–Trinajstić information content (AvgIpc) is 3.37. The van der Waals surface area contributed by atoms with E-state index < -0.39 is 56.2 Å². The van der Waals surface area contributed by atoms with Gasteiger partial charge in [-0.2, -0.15) is 5.06 Å². The highest BCUT2D eigenvalue weighted by atomic mass is 31.1. The number of alkyl carbamates (subject to hydrolysis) is 1. The molecule has 1 aromatic carbocycles. The number of carboxylic acid groups (broad SMARTS) is 1. The molecular weight excluding hydrogens is 575 g/mol. The number of H-pyrrole nitrogens is 1. The molecule has 0 aliphatic carbocycles. The fourth-order valence-electron chi connectivity index (χ4n) is 3.34. The van der Waals surface area contributed by atoms with Crippen molar-refractivity contribution in [1.82, 2.24) is 31.0 Å². The van der Waals surface area contributed by atoms with Crippen molar-refractivity contribution in [1.29, 1.82) is 0 Å². The maximum Gasteiger partial charge on any atom is 0.437 e. The molecule has 0 saturated heterocycles. The Bertz CT molecular complexity index is 1260. The van der Waals surface area contributed by atoms with Gasteiger partial charge in [0.1, 0.15) is 17.3 Å². The van der Waals surface area contributed by atoms with Crippen molar-refractivity contribution in [2.24, 2.45) is 10.9 Å². The van der Waals surface area contributed by atoms with Crippen LogP contribution in [0.5, 0.6) is 0 Å². The Morgan fingerprint density at radius 3 is 2.31 bits per heavy atom. The zero-order valence-electron chi connectivity index (χ0n) is 24.3. The Balaban J connectivity index is 2.57. The second kappa shape index (κ2) is 14.7. The lowest BCUT2D eigenvalue weighted by atomic mass is 10.1. The molecule has 5 N–H and O–H groups in total. The number of anilines is 1. The minimum atomic E-state index is -1.71. The predicted molar refractivity (Wildman–Crippen MR) is 150 cm³/mol. The quantitative estimate of drug-likeness (QED) is 0.0681. The van der Waals surface area contributed by atoms with E-state index in [2.05, 4.69) is 36.3 Å². The molecule has 17 nitrogen and oxygen atoms in total. The van der Waals surface area contributed by atoms with Crippen LogP contribution < -0.4 is 10.6 Å². The van der Waals surface area contributed by atoms with Crippen LogP contribution in [-0.2, 0) is 18.8 Å². The summed E-state index contributed by atoms with van der Waals surface area (Å²) in [6.07, 6.45) is -6.34. The SMILES string of the molecule is CC(C[PH2]=O)C(OC(c1nnn[nH]1)c1ccccc1NC(=NC(=O)OC(C)(C)C)NC(=O)OC(C)(C)C)N(O)C(=O)O. The third kappa shape index (κ3) is 11.1. The first kappa shape index (κ1) is 34.1. The highest BCUT2D eigenvalue weighted by Crippen LogP contribution is 2.33. The van der Waals surface area contributed by atoms with Crippen LogP contribution in [0.3, 0.4) is 0 Å². The molecule has 0 radical (unpaired) electrons. The number of carbonyl (C=O) groups excluding carboxylic acids is 2. The fourth-order valence-corrected chi connectivity index (χ4v) is 3.88. The molecule has 4 unspecified atom stereocenters. The lowest BCUT2D eigenvalue weighted by Crippen LogP contribution is -2.44. The Morgan fingerprint density at radius 2 is 1.76 bits per heavy atom. The summed E-state index contributed by atoms with van der Waals surface area (Å²) in [6.45, 7) is 11.4. The number of aromatic amines is 1. The van der Waals surface area contributed by atoms with Crippen LogP contribution in [0.1, 0.15) is 66.0 Å². The third-order valence-corrected chi connectivity index (χ3v) is 5.93. The van der Waals surface area contributed by atoms with Gasteiger partial charge in [-0.3, -0.25) is 10.5 Å². The summed E-state index contributed by atoms with van der Waals surface area (Å²) in [7, 11) is -1.29. The van der Waals surface area contributed by atoms with Crippen LogP contribution in [0.2, 0.25) is 0 Å². The van der Waals surface area contributed by atoms with Crippen LogP contribution >= 0.6 is 8.46 Å². The molecule has 3 amide bonds. The van der Waals surface area contributed by atoms with Crippen molar-refractivity contribution < 1.29 is 43.5 Å². The van der Waals surface area contributed by atoms with Crippen molar-refractivity contribution in [3.63, 3.8) is 0 Å². The molecule has 0 aliphatic rings. The lowest BCUT2D eigenvalue weighted by Gasteiger charge is -2.31. The number of hydrogen-bond acceptors (Lipinski definition) is 11. The molecule has 2 aromatic rings. The topological polar surface area (TPSA) is 231 Å². The van der Waals surface area contributed by atoms with Crippen molar-refractivity contribution in [2.75, 3.05) is 11.5 Å². The Kier molecular flexibility index (Phi) is 11.9. The number of tetrazole rings is 1. The second-order valence-corrected chi connectivity index (χ2v) is 11.8. The number of guanidine groups is 1. The van der Waals surface area contributed by atoms with E-state index in [4.69, 9.17) is 14.2 Å². The van der Waals surface area contributed by atoms with Gasteiger partial charge in [0.15, 0.2) is 12.1 Å². The number of nitrogens with zero attached hydrogens (tertiary/aromatic N) is 5. The van der Waals surface area contributed by atoms with Gasteiger partial charge in [-0.1, -0.05) is 25.1 Å². The van der Waals surface area contributed by atoms with E-state index in [1.165, 1.54) is 0 Å². The maximum absolute atomic E-state index is 12.6. The molecule has 0 bridgehead atoms. The smallest absolute Gasteiger partial charge is 0.437 e. The van der Waals surface area contributed by atoms with Crippen LogP contribution in [0.25, 0.3) is 0 Å². The van der Waals surface area contributed by atoms with Gasteiger partial charge in [0, 0.05) is 23.3 Å². The fraction of sp³-hybridized carbons (Fsp3) is 0.542. The summed E-state index contributed by atoms with van der Waals surface area (Å²) in [5.74, 6) is -1.06. The number of ether oxygens (including phenoxy) is 3. The average molecular weight is 613 g/mol. The summed E-state index contributed by atoms with van der Waals surface area (Å²) in [6, 6.07) is 6.36. The standard InChI is InChI=1S/C24H37N8O9P/c1-13(12-42-38)18(32(37)22(35)36)39-16(17-28-30-31-29-17)14-10-8-9-11-15(14)25-19(26-20(33)40-23(2,3)4)27-21(34)41-24(5,6)7/h8-11,13,16,18,37H,12,42H2,1-7H3,(H,35,36)(H,28,29,30,31)(H2,25,26,27,33,34). The number of aliphatic imine (C=N–C) groups is 1. The monoisotopic (exact) mass is 612 g/mol. The number of hydroxylamine groups is 2. The Hall–Kier alpha value is -4.08. The van der Waals surface area contributed by atoms with Crippen molar-refractivity contribution in [3.8, 4) is 0 Å². The third-order valence-electron chi connectivity index (χ3n) is 4.99. The molecule has 4 atom stereocenters. The number of rotatable bonds is 9. The minimum Gasteiger partial charge on any atom is -0.463 e. The molecule has 1 heterocycles. The molecule has 0 fully saturated rings. The van der Waals surface area contributed by atoms with Gasteiger partial charge >= 0.3 is 18.3 Å². The molecule has 18 heteroatoms. The minimum absolute atomic E-state index is 0.0143. The van der Waals surface area contributed by atoms with Gasteiger partial charge < -0.3 is 29.2 Å². The zero-order valence-corrected chi connectivity index (χ0v) is 25.5. The molecule has 0 spiro atoms. The zero-order chi connectivity index (χ0) is 31.7. The lowest BCUT2D eigenvalue weighted by molar-refractivity contribution is -0.216. The first-order valence-electron chi connectivity index (χ1n) is 12.7. The Labute approximate surface area is 243 Å². The number of nitrogens with one attached hydrogen (secondary N) is 3. The van der Waals surface area contributed by atoms with Gasteiger partial charge in [-0.15, -0.1) is 10.1 Å². The molecule has 42 heavy (non-hydrogen) atoms. The van der Waals surface area contributed by atoms with E-state index >= 15 is 0 Å². The van der Waals surface area contributed by atoms with E-state index in [-0.39, 0.29) is 34.3 Å². The van der Waals surface area contributed by atoms with Crippen LogP contribution in [0.15, 0.2) is 29.3 Å². The van der Waals surface area contributed by atoms with Crippen molar-refractivity contribution in [2.45, 2.75) is 72.0 Å². The Morgan fingerprint density at radius 1 is 1.12 bits per heavy atom. The van der Waals surface area contributed by atoms with Gasteiger partial charge in [0.05, 0.1) is 8.46 Å². The molecule has 0 aliphatic heterocycles. The van der Waals surface area contributed by atoms with Crippen LogP contribution in [0, 0.1) is 5.92 Å². The van der Waals surface area contributed by atoms with E-state index in [1.807, 2.05) is 0 Å². The van der Waals surface area contributed by atoms with Crippen LogP contribution in [0.4, 0.5) is 20.1 Å². The highest BCUT2D eigenvalue weighted by molar-refractivity contribution is 7.23. The summed E-state index contributed by atoms with van der Waals surface area (Å²) in [5.41, 5.74) is -1.28. The normalized spacial score (nSPS) is 14.6. The predicted octanol–water partition coefficient (Wildman–Crippen LogP) is 3.62. The van der Waals surface area contributed by atoms with Crippen LogP contribution in [-0.4, -0.2) is 83.8 Å². The number of benzene rings is 1. The molecule has 2 rings (SSSR count). The number of hydrogen-bond donors (Lipinski definition) is 5. The number of carbonyl (C=O) groups is 3. The molecular formula is C24H37N8O9P. The summed E-state index contributed by atoms with van der Waals surface area (Å²) in [5, 5.41) is 38.5. The molecule has 232 valence electrons. The van der Waals surface area contributed by atoms with E-state index in [0.29, 0.717) is 0 Å². The summed E-state index contributed by atoms with van der Waals surface area (Å²) in [4.78, 5) is 40.6. The second-order valence-electron chi connectivity index (χ2n) is 11.0. The van der Waals surface area contributed by atoms with E-state index in [1.54, 1.807) is 72.7 Å². The van der Waals surface area contributed by atoms with E-state index in [0.717, 1.165) is 0 Å². The number of para-hydroxylation sites is 1. The summed E-state index contributed by atoms with van der Waals surface area (Å²) < 4.78 is 28.0. The van der Waals surface area contributed by atoms with E-state index in [9.17, 15) is 29.3 Å². The van der Waals surface area contributed by atoms with Crippen molar-refractivity contribution in [3.05, 3.63) is 35.7 Å². The summed E-state index contributed by atoms with van der Waals surface area (Å²) >= 11 is 0. The maximum atomic E-state index is 12.6. The van der Waals surface area contributed by atoms with Gasteiger partial charge in [0.2, 0.25) is 5.96 Å². The largest absolute Gasteiger partial charge is 0.463 e. The number of amides is 3. The first-order valence-corrected chi connectivity index (χ1v) is 14.0. The van der Waals surface area contributed by atoms with Gasteiger partial charge in [0.25, 0.3) is 0 Å². The van der Waals surface area contributed by atoms with Gasteiger partial charge in [-0.05, 0) is 58.0 Å². The van der Waals surface area contributed by atoms with Gasteiger partial charge in [-0.25, -0.2) is 19.5 Å². The number of aromatic nitrogens is 4. The first-order chi connectivity index (χ1) is 19.5. The highest BCUT2D eigenvalue weighted by Gasteiger charge is 2.34.